The number of rotatable bonds is 8. The number of benzene rings is 2. The lowest BCUT2D eigenvalue weighted by Crippen LogP contribution is -2.37. The first kappa shape index (κ1) is 23.5. The molecule has 1 N–H and O–H groups in total. The van der Waals surface area contributed by atoms with Crippen molar-refractivity contribution in [1.29, 1.82) is 0 Å². The van der Waals surface area contributed by atoms with Crippen LogP contribution in [0.4, 0.5) is 13.2 Å². The number of hydrogen-bond donors (Lipinski definition) is 1. The van der Waals surface area contributed by atoms with E-state index in [1.807, 2.05) is 0 Å². The number of hydrogen-bond acceptors (Lipinski definition) is 5. The van der Waals surface area contributed by atoms with Crippen LogP contribution in [0.1, 0.15) is 49.4 Å². The van der Waals surface area contributed by atoms with Gasteiger partial charge in [0.2, 0.25) is 0 Å². The Labute approximate surface area is 194 Å². The molecule has 1 aliphatic rings. The summed E-state index contributed by atoms with van der Waals surface area (Å²) in [6.07, 6.45) is -0.763. The van der Waals surface area contributed by atoms with Gasteiger partial charge >= 0.3 is 12.1 Å². The summed E-state index contributed by atoms with van der Waals surface area (Å²) in [6.45, 7) is 3.15. The van der Waals surface area contributed by atoms with Gasteiger partial charge in [0.15, 0.2) is 11.4 Å². The Bertz CT molecular complexity index is 1170. The van der Waals surface area contributed by atoms with E-state index in [2.05, 4.69) is 9.97 Å². The molecule has 34 heavy (non-hydrogen) atoms. The standard InChI is InChI=1S/C25H23F3N2O4/c1-24(2,23(31)32)34-20-11-9-19(10-12-20)33-14-17-13-29-22(30-21(17)15-3-4-15)16-5-7-18(8-6-16)25(26,27)28/h5-13,15H,3-4,14H2,1-2H3,(H,31,32). The van der Waals surface area contributed by atoms with Crippen molar-refractivity contribution in [2.45, 2.75) is 51.0 Å². The van der Waals surface area contributed by atoms with Crippen molar-refractivity contribution in [1.82, 2.24) is 9.97 Å². The molecule has 178 valence electrons. The van der Waals surface area contributed by atoms with Gasteiger partial charge in [-0.15, -0.1) is 0 Å². The summed E-state index contributed by atoms with van der Waals surface area (Å²) in [5.74, 6) is 0.558. The van der Waals surface area contributed by atoms with Crippen LogP contribution in [0.5, 0.6) is 11.5 Å². The fourth-order valence-corrected chi connectivity index (χ4v) is 3.29. The number of carboxylic acids is 1. The minimum Gasteiger partial charge on any atom is -0.489 e. The van der Waals surface area contributed by atoms with E-state index in [-0.39, 0.29) is 12.5 Å². The van der Waals surface area contributed by atoms with Gasteiger partial charge < -0.3 is 14.6 Å². The molecule has 1 fully saturated rings. The molecule has 0 aliphatic heterocycles. The third-order valence-electron chi connectivity index (χ3n) is 5.44. The number of carbonyl (C=O) groups is 1. The first-order valence-electron chi connectivity index (χ1n) is 10.7. The molecule has 1 saturated carbocycles. The Hall–Kier alpha value is -3.62. The molecule has 0 unspecified atom stereocenters. The number of aromatic nitrogens is 2. The SMILES string of the molecule is CC(C)(Oc1ccc(OCc2cnc(-c3ccc(C(F)(F)F)cc3)nc2C2CC2)cc1)C(=O)O. The number of halogens is 3. The molecule has 0 amide bonds. The monoisotopic (exact) mass is 472 g/mol. The van der Waals surface area contributed by atoms with Crippen molar-refractivity contribution < 1.29 is 32.5 Å². The lowest BCUT2D eigenvalue weighted by Gasteiger charge is -2.21. The second-order valence-electron chi connectivity index (χ2n) is 8.63. The first-order valence-corrected chi connectivity index (χ1v) is 10.7. The van der Waals surface area contributed by atoms with Crippen LogP contribution < -0.4 is 9.47 Å². The molecule has 3 aromatic rings. The molecule has 1 aromatic heterocycles. The van der Waals surface area contributed by atoms with Crippen LogP contribution in [0.15, 0.2) is 54.7 Å². The normalized spacial score (nSPS) is 14.0. The van der Waals surface area contributed by atoms with Gasteiger partial charge in [-0.1, -0.05) is 12.1 Å². The van der Waals surface area contributed by atoms with Gasteiger partial charge in [-0.2, -0.15) is 13.2 Å². The van der Waals surface area contributed by atoms with E-state index < -0.39 is 23.3 Å². The van der Waals surface area contributed by atoms with E-state index in [1.165, 1.54) is 26.0 Å². The van der Waals surface area contributed by atoms with Crippen LogP contribution in [0.3, 0.4) is 0 Å². The van der Waals surface area contributed by atoms with Gasteiger partial charge in [-0.05, 0) is 63.1 Å². The fourth-order valence-electron chi connectivity index (χ4n) is 3.29. The molecule has 6 nitrogen and oxygen atoms in total. The number of nitrogens with zero attached hydrogens (tertiary/aromatic N) is 2. The molecule has 0 bridgehead atoms. The Morgan fingerprint density at radius 1 is 1.03 bits per heavy atom. The highest BCUT2D eigenvalue weighted by Gasteiger charge is 2.31. The third-order valence-corrected chi connectivity index (χ3v) is 5.44. The van der Waals surface area contributed by atoms with Crippen LogP contribution in [-0.4, -0.2) is 26.6 Å². The number of alkyl halides is 3. The zero-order valence-corrected chi connectivity index (χ0v) is 18.6. The molecular formula is C25H23F3N2O4. The van der Waals surface area contributed by atoms with Crippen molar-refractivity contribution in [3.05, 3.63) is 71.5 Å². The molecule has 9 heteroatoms. The molecule has 0 saturated heterocycles. The highest BCUT2D eigenvalue weighted by molar-refractivity contribution is 5.76. The molecule has 0 spiro atoms. The van der Waals surface area contributed by atoms with E-state index in [4.69, 9.17) is 9.47 Å². The molecule has 2 aromatic carbocycles. The second-order valence-corrected chi connectivity index (χ2v) is 8.63. The summed E-state index contributed by atoms with van der Waals surface area (Å²) in [6, 6.07) is 11.4. The van der Waals surface area contributed by atoms with E-state index in [1.54, 1.807) is 30.5 Å². The van der Waals surface area contributed by atoms with Crippen LogP contribution in [0, 0.1) is 0 Å². The zero-order chi connectivity index (χ0) is 24.5. The summed E-state index contributed by atoms with van der Waals surface area (Å²) in [5, 5.41) is 9.17. The second kappa shape index (κ2) is 8.96. The maximum Gasteiger partial charge on any atom is 0.416 e. The summed E-state index contributed by atoms with van der Waals surface area (Å²) in [4.78, 5) is 20.2. The van der Waals surface area contributed by atoms with Crippen LogP contribution in [0.25, 0.3) is 11.4 Å². The van der Waals surface area contributed by atoms with Crippen molar-refractivity contribution in [2.24, 2.45) is 0 Å². The van der Waals surface area contributed by atoms with E-state index in [9.17, 15) is 23.1 Å². The number of ether oxygens (including phenoxy) is 2. The molecule has 1 heterocycles. The lowest BCUT2D eigenvalue weighted by atomic mass is 10.1. The predicted octanol–water partition coefficient (Wildman–Crippen LogP) is 5.86. The van der Waals surface area contributed by atoms with Crippen molar-refractivity contribution in [3.8, 4) is 22.9 Å². The van der Waals surface area contributed by atoms with Crippen LogP contribution in [-0.2, 0) is 17.6 Å². The Balaban J connectivity index is 1.46. The Morgan fingerprint density at radius 3 is 2.21 bits per heavy atom. The average Bonchev–Trinajstić information content (AvgIpc) is 3.63. The summed E-state index contributed by atoms with van der Waals surface area (Å²) < 4.78 is 49.8. The average molecular weight is 472 g/mol. The first-order chi connectivity index (χ1) is 16.0. The molecule has 0 atom stereocenters. The molecule has 4 rings (SSSR count). The van der Waals surface area contributed by atoms with Gasteiger partial charge in [0.05, 0.1) is 11.3 Å². The summed E-state index contributed by atoms with van der Waals surface area (Å²) in [7, 11) is 0. The molecule has 1 aliphatic carbocycles. The Morgan fingerprint density at radius 2 is 1.65 bits per heavy atom. The Kier molecular flexibility index (Phi) is 6.20. The number of aliphatic carboxylic acids is 1. The zero-order valence-electron chi connectivity index (χ0n) is 18.6. The molecule has 0 radical (unpaired) electrons. The smallest absolute Gasteiger partial charge is 0.416 e. The predicted molar refractivity (Wildman–Crippen MR) is 118 cm³/mol. The highest BCUT2D eigenvalue weighted by Crippen LogP contribution is 2.41. The van der Waals surface area contributed by atoms with E-state index in [0.29, 0.717) is 22.9 Å². The van der Waals surface area contributed by atoms with Gasteiger partial charge in [0, 0.05) is 23.2 Å². The summed E-state index contributed by atoms with van der Waals surface area (Å²) >= 11 is 0. The van der Waals surface area contributed by atoms with Crippen molar-refractivity contribution >= 4 is 5.97 Å². The quantitative estimate of drug-likeness (QED) is 0.442. The topological polar surface area (TPSA) is 81.5 Å². The lowest BCUT2D eigenvalue weighted by molar-refractivity contribution is -0.152. The maximum absolute atomic E-state index is 12.8. The minimum atomic E-state index is -4.39. The van der Waals surface area contributed by atoms with Crippen LogP contribution in [0.2, 0.25) is 0 Å². The summed E-state index contributed by atoms with van der Waals surface area (Å²) in [5.41, 5.74) is 0.0978. The van der Waals surface area contributed by atoms with Crippen molar-refractivity contribution in [2.75, 3.05) is 0 Å². The van der Waals surface area contributed by atoms with Crippen molar-refractivity contribution in [3.63, 3.8) is 0 Å². The minimum absolute atomic E-state index is 0.222. The van der Waals surface area contributed by atoms with Crippen LogP contribution >= 0.6 is 0 Å². The fraction of sp³-hybridized carbons (Fsp3) is 0.320. The van der Waals surface area contributed by atoms with Gasteiger partial charge in [-0.3, -0.25) is 0 Å². The van der Waals surface area contributed by atoms with Gasteiger partial charge in [-0.25, -0.2) is 14.8 Å². The largest absolute Gasteiger partial charge is 0.489 e. The van der Waals surface area contributed by atoms with Gasteiger partial charge in [0.25, 0.3) is 0 Å². The third kappa shape index (κ3) is 5.47. The van der Waals surface area contributed by atoms with E-state index >= 15 is 0 Å². The van der Waals surface area contributed by atoms with Gasteiger partial charge in [0.1, 0.15) is 18.1 Å². The molecular weight excluding hydrogens is 449 g/mol. The van der Waals surface area contributed by atoms with E-state index in [0.717, 1.165) is 36.2 Å². The number of carboxylic acid groups (broad SMARTS) is 1. The highest BCUT2D eigenvalue weighted by atomic mass is 19.4. The maximum atomic E-state index is 12.8.